The maximum absolute atomic E-state index is 13.1. The number of aryl methyl sites for hydroxylation is 1. The Morgan fingerprint density at radius 1 is 1.25 bits per heavy atom. The highest BCUT2D eigenvalue weighted by Gasteiger charge is 2.35. The Morgan fingerprint density at radius 2 is 2.00 bits per heavy atom. The monoisotopic (exact) mass is 352 g/mol. The van der Waals surface area contributed by atoms with Crippen LogP contribution in [-0.4, -0.2) is 50.5 Å². The third-order valence-corrected chi connectivity index (χ3v) is 6.82. The summed E-state index contributed by atoms with van der Waals surface area (Å²) in [6.07, 6.45) is 1.29. The Morgan fingerprint density at radius 3 is 2.62 bits per heavy atom. The van der Waals surface area contributed by atoms with Crippen molar-refractivity contribution < 1.29 is 17.9 Å². The second-order valence-corrected chi connectivity index (χ2v) is 8.53. The molecule has 1 amide bonds. The predicted molar refractivity (Wildman–Crippen MR) is 91.5 cm³/mol. The molecule has 0 aromatic heterocycles. The summed E-state index contributed by atoms with van der Waals surface area (Å²) in [5.74, 6) is 0.0978. The number of nitrogens with zero attached hydrogens (tertiary/aromatic N) is 2. The summed E-state index contributed by atoms with van der Waals surface area (Å²) in [7, 11) is -3.58. The number of ether oxygens (including phenoxy) is 1. The lowest BCUT2D eigenvalue weighted by Gasteiger charge is -2.36. The van der Waals surface area contributed by atoms with Crippen LogP contribution in [0.1, 0.15) is 32.3 Å². The standard InChI is InChI=1S/C17H24N2O4S/c1-12-9-15(18-8-4-5-17(18)20)6-7-16(12)24(21,22)19-10-14(3)23-11-13(19)2/h6-7,9,13-14H,4-5,8,10-11H2,1-3H3/t13-,14+/m0/s1. The van der Waals surface area contributed by atoms with Crippen molar-refractivity contribution in [2.75, 3.05) is 24.6 Å². The fraction of sp³-hybridized carbons (Fsp3) is 0.588. The van der Waals surface area contributed by atoms with Gasteiger partial charge in [0.25, 0.3) is 0 Å². The predicted octanol–water partition coefficient (Wildman–Crippen LogP) is 1.92. The van der Waals surface area contributed by atoms with Crippen LogP contribution in [-0.2, 0) is 19.6 Å². The molecule has 0 radical (unpaired) electrons. The van der Waals surface area contributed by atoms with Gasteiger partial charge in [-0.1, -0.05) is 0 Å². The molecule has 2 aliphatic rings. The molecule has 0 bridgehead atoms. The van der Waals surface area contributed by atoms with Gasteiger partial charge in [-0.05, 0) is 51.0 Å². The van der Waals surface area contributed by atoms with E-state index in [0.717, 1.165) is 12.1 Å². The van der Waals surface area contributed by atoms with E-state index in [9.17, 15) is 13.2 Å². The van der Waals surface area contributed by atoms with E-state index in [1.807, 2.05) is 13.8 Å². The average Bonchev–Trinajstić information content (AvgIpc) is 2.95. The molecule has 24 heavy (non-hydrogen) atoms. The van der Waals surface area contributed by atoms with Gasteiger partial charge >= 0.3 is 0 Å². The molecule has 0 aliphatic carbocycles. The fourth-order valence-electron chi connectivity index (χ4n) is 3.35. The van der Waals surface area contributed by atoms with Crippen LogP contribution in [0.4, 0.5) is 5.69 Å². The maximum Gasteiger partial charge on any atom is 0.243 e. The normalized spacial score (nSPS) is 26.1. The molecule has 7 heteroatoms. The van der Waals surface area contributed by atoms with Crippen LogP contribution in [0, 0.1) is 6.92 Å². The molecule has 132 valence electrons. The smallest absolute Gasteiger partial charge is 0.243 e. The van der Waals surface area contributed by atoms with E-state index in [0.29, 0.717) is 36.6 Å². The van der Waals surface area contributed by atoms with Crippen LogP contribution in [0.3, 0.4) is 0 Å². The lowest BCUT2D eigenvalue weighted by atomic mass is 10.2. The number of rotatable bonds is 3. The van der Waals surface area contributed by atoms with Crippen LogP contribution in [0.25, 0.3) is 0 Å². The van der Waals surface area contributed by atoms with Crippen LogP contribution in [0.15, 0.2) is 23.1 Å². The number of amides is 1. The van der Waals surface area contributed by atoms with E-state index in [4.69, 9.17) is 4.74 Å². The quantitative estimate of drug-likeness (QED) is 0.833. The minimum absolute atomic E-state index is 0.0978. The first-order valence-corrected chi connectivity index (χ1v) is 9.79. The average molecular weight is 352 g/mol. The van der Waals surface area contributed by atoms with Crippen molar-refractivity contribution in [2.24, 2.45) is 0 Å². The number of carbonyl (C=O) groups excluding carboxylic acids is 1. The van der Waals surface area contributed by atoms with Crippen molar-refractivity contribution in [1.29, 1.82) is 0 Å². The first-order chi connectivity index (χ1) is 11.3. The van der Waals surface area contributed by atoms with E-state index < -0.39 is 10.0 Å². The molecular weight excluding hydrogens is 328 g/mol. The van der Waals surface area contributed by atoms with Gasteiger partial charge in [-0.15, -0.1) is 0 Å². The van der Waals surface area contributed by atoms with Crippen LogP contribution in [0.5, 0.6) is 0 Å². The van der Waals surface area contributed by atoms with Crippen LogP contribution >= 0.6 is 0 Å². The number of sulfonamides is 1. The lowest BCUT2D eigenvalue weighted by molar-refractivity contribution is -0.117. The third kappa shape index (κ3) is 3.08. The van der Waals surface area contributed by atoms with E-state index in [-0.39, 0.29) is 18.1 Å². The van der Waals surface area contributed by atoms with E-state index in [1.54, 1.807) is 30.0 Å². The Balaban J connectivity index is 1.92. The zero-order valence-electron chi connectivity index (χ0n) is 14.4. The van der Waals surface area contributed by atoms with Crippen molar-refractivity contribution in [2.45, 2.75) is 50.7 Å². The van der Waals surface area contributed by atoms with Crippen molar-refractivity contribution in [3.63, 3.8) is 0 Å². The zero-order valence-corrected chi connectivity index (χ0v) is 15.2. The van der Waals surface area contributed by atoms with Gasteiger partial charge < -0.3 is 9.64 Å². The second-order valence-electron chi connectivity index (χ2n) is 6.67. The van der Waals surface area contributed by atoms with E-state index >= 15 is 0 Å². The Kier molecular flexibility index (Phi) is 4.68. The van der Waals surface area contributed by atoms with Gasteiger partial charge in [0.05, 0.1) is 17.6 Å². The van der Waals surface area contributed by atoms with Gasteiger partial charge in [0.15, 0.2) is 0 Å². The molecule has 2 heterocycles. The highest BCUT2D eigenvalue weighted by atomic mass is 32.2. The van der Waals surface area contributed by atoms with Crippen molar-refractivity contribution in [3.05, 3.63) is 23.8 Å². The van der Waals surface area contributed by atoms with E-state index in [1.165, 1.54) is 4.31 Å². The summed E-state index contributed by atoms with van der Waals surface area (Å²) in [5.41, 5.74) is 1.44. The molecule has 0 unspecified atom stereocenters. The SMILES string of the molecule is Cc1cc(N2CCCC2=O)ccc1S(=O)(=O)N1C[C@@H](C)OC[C@@H]1C. The fourth-order valence-corrected chi connectivity index (χ4v) is 5.25. The molecule has 0 saturated carbocycles. The highest BCUT2D eigenvalue weighted by Crippen LogP contribution is 2.29. The van der Waals surface area contributed by atoms with Gasteiger partial charge in [-0.2, -0.15) is 4.31 Å². The van der Waals surface area contributed by atoms with Crippen LogP contribution < -0.4 is 4.90 Å². The van der Waals surface area contributed by atoms with E-state index in [2.05, 4.69) is 0 Å². The first kappa shape index (κ1) is 17.4. The Labute approximate surface area is 143 Å². The summed E-state index contributed by atoms with van der Waals surface area (Å²) < 4.78 is 33.1. The molecule has 6 nitrogen and oxygen atoms in total. The third-order valence-electron chi connectivity index (χ3n) is 4.68. The summed E-state index contributed by atoms with van der Waals surface area (Å²) in [5, 5.41) is 0. The lowest BCUT2D eigenvalue weighted by Crippen LogP contribution is -2.50. The molecule has 2 atom stereocenters. The zero-order chi connectivity index (χ0) is 17.5. The van der Waals surface area contributed by atoms with Crippen LogP contribution in [0.2, 0.25) is 0 Å². The molecular formula is C17H24N2O4S. The topological polar surface area (TPSA) is 66.9 Å². The number of hydrogen-bond donors (Lipinski definition) is 0. The molecule has 1 aromatic carbocycles. The first-order valence-electron chi connectivity index (χ1n) is 8.35. The van der Waals surface area contributed by atoms with Gasteiger partial charge in [-0.25, -0.2) is 8.42 Å². The summed E-state index contributed by atoms with van der Waals surface area (Å²) in [4.78, 5) is 13.9. The number of carbonyl (C=O) groups is 1. The molecule has 0 N–H and O–H groups in total. The molecule has 2 saturated heterocycles. The van der Waals surface area contributed by atoms with Gasteiger partial charge in [0.1, 0.15) is 0 Å². The molecule has 3 rings (SSSR count). The molecule has 0 spiro atoms. The Bertz CT molecular complexity index is 747. The largest absolute Gasteiger partial charge is 0.375 e. The van der Waals surface area contributed by atoms with Gasteiger partial charge in [-0.3, -0.25) is 4.79 Å². The van der Waals surface area contributed by atoms with Crippen molar-refractivity contribution in [3.8, 4) is 0 Å². The number of morpholine rings is 1. The minimum Gasteiger partial charge on any atom is -0.375 e. The Hall–Kier alpha value is -1.44. The highest BCUT2D eigenvalue weighted by molar-refractivity contribution is 7.89. The minimum atomic E-state index is -3.58. The number of hydrogen-bond acceptors (Lipinski definition) is 4. The van der Waals surface area contributed by atoms with Gasteiger partial charge in [0.2, 0.25) is 15.9 Å². The maximum atomic E-state index is 13.1. The molecule has 2 aliphatic heterocycles. The number of benzene rings is 1. The van der Waals surface area contributed by atoms with Crippen molar-refractivity contribution in [1.82, 2.24) is 4.31 Å². The summed E-state index contributed by atoms with van der Waals surface area (Å²) >= 11 is 0. The summed E-state index contributed by atoms with van der Waals surface area (Å²) in [6.45, 7) is 6.97. The second kappa shape index (κ2) is 6.46. The number of anilines is 1. The molecule has 2 fully saturated rings. The van der Waals surface area contributed by atoms with Crippen molar-refractivity contribution >= 4 is 21.6 Å². The molecule has 1 aromatic rings. The summed E-state index contributed by atoms with van der Waals surface area (Å²) in [6, 6.07) is 4.96. The van der Waals surface area contributed by atoms with Gasteiger partial charge in [0, 0.05) is 31.2 Å².